The molecule has 0 aliphatic carbocycles. The minimum Gasteiger partial charge on any atom is -0.299 e. The number of unbranched alkanes of at least 4 members (excludes halogenated alkanes) is 1. The van der Waals surface area contributed by atoms with E-state index in [1.807, 2.05) is 18.2 Å². The first-order chi connectivity index (χ1) is 14.0. The van der Waals surface area contributed by atoms with Gasteiger partial charge in [-0.25, -0.2) is 0 Å². The fourth-order valence-electron chi connectivity index (χ4n) is 3.63. The molecular weight excluding hydrogens is 370 g/mol. The number of rotatable bonds is 10. The second-order valence-electron chi connectivity index (χ2n) is 7.22. The number of non-ortho nitro benzene ring substituents is 1. The van der Waals surface area contributed by atoms with Crippen LogP contribution in [0, 0.1) is 10.1 Å². The van der Waals surface area contributed by atoms with Crippen LogP contribution >= 0.6 is 0 Å². The number of benzene rings is 2. The average Bonchev–Trinajstić information content (AvgIpc) is 2.96. The highest BCUT2D eigenvalue weighted by molar-refractivity contribution is 6.21. The van der Waals surface area contributed by atoms with Gasteiger partial charge < -0.3 is 0 Å². The van der Waals surface area contributed by atoms with Gasteiger partial charge in [0, 0.05) is 25.2 Å². The maximum atomic E-state index is 12.5. The number of hydrogen-bond acceptors (Lipinski definition) is 5. The van der Waals surface area contributed by atoms with E-state index >= 15 is 0 Å². The third-order valence-corrected chi connectivity index (χ3v) is 5.06. The fourth-order valence-corrected chi connectivity index (χ4v) is 3.63. The molecule has 1 heterocycles. The largest absolute Gasteiger partial charge is 0.299 e. The number of carbonyl (C=O) groups excluding carboxylic acids is 2. The monoisotopic (exact) mass is 395 g/mol. The van der Waals surface area contributed by atoms with Gasteiger partial charge in [0.15, 0.2) is 0 Å². The number of hydrogen-bond donors (Lipinski definition) is 0. The number of carbonyl (C=O) groups is 2. The Kier molecular flexibility index (Phi) is 6.72. The maximum absolute atomic E-state index is 12.5. The summed E-state index contributed by atoms with van der Waals surface area (Å²) in [5.74, 6) is -0.807. The van der Waals surface area contributed by atoms with Crippen molar-refractivity contribution in [1.29, 1.82) is 0 Å². The van der Waals surface area contributed by atoms with Crippen LogP contribution in [0.4, 0.5) is 5.69 Å². The molecule has 0 bridgehead atoms. The van der Waals surface area contributed by atoms with Gasteiger partial charge in [0.25, 0.3) is 17.5 Å². The van der Waals surface area contributed by atoms with Gasteiger partial charge in [-0.15, -0.1) is 0 Å². The zero-order valence-corrected chi connectivity index (χ0v) is 16.5. The molecular formula is C22H25N3O4. The molecule has 2 aromatic carbocycles. The molecule has 0 aromatic heterocycles. The molecule has 7 heteroatoms. The van der Waals surface area contributed by atoms with Crippen molar-refractivity contribution in [2.75, 3.05) is 19.6 Å². The Labute approximate surface area is 170 Å². The lowest BCUT2D eigenvalue weighted by Crippen LogP contribution is -2.31. The molecule has 2 aromatic rings. The van der Waals surface area contributed by atoms with E-state index in [-0.39, 0.29) is 22.7 Å². The van der Waals surface area contributed by atoms with E-state index in [1.165, 1.54) is 28.7 Å². The highest BCUT2D eigenvalue weighted by atomic mass is 16.6. The van der Waals surface area contributed by atoms with E-state index in [2.05, 4.69) is 24.0 Å². The smallest absolute Gasteiger partial charge is 0.270 e. The number of nitro benzene ring substituents is 1. The van der Waals surface area contributed by atoms with Crippen LogP contribution < -0.4 is 0 Å². The van der Waals surface area contributed by atoms with Crippen molar-refractivity contribution in [3.8, 4) is 0 Å². The van der Waals surface area contributed by atoms with Gasteiger partial charge in [-0.1, -0.05) is 37.3 Å². The lowest BCUT2D eigenvalue weighted by atomic mass is 10.1. The van der Waals surface area contributed by atoms with Crippen molar-refractivity contribution < 1.29 is 14.5 Å². The summed E-state index contributed by atoms with van der Waals surface area (Å²) in [7, 11) is 0. The van der Waals surface area contributed by atoms with Crippen molar-refractivity contribution in [2.24, 2.45) is 0 Å². The summed E-state index contributed by atoms with van der Waals surface area (Å²) >= 11 is 0. The molecule has 29 heavy (non-hydrogen) atoms. The Morgan fingerprint density at radius 2 is 1.69 bits per heavy atom. The fraction of sp³-hybridized carbons (Fsp3) is 0.364. The number of amides is 2. The van der Waals surface area contributed by atoms with E-state index in [0.717, 1.165) is 32.5 Å². The Bertz CT molecular complexity index is 898. The van der Waals surface area contributed by atoms with E-state index in [0.29, 0.717) is 13.0 Å². The maximum Gasteiger partial charge on any atom is 0.270 e. The summed E-state index contributed by atoms with van der Waals surface area (Å²) in [6, 6.07) is 14.1. The van der Waals surface area contributed by atoms with Crippen molar-refractivity contribution in [3.63, 3.8) is 0 Å². The van der Waals surface area contributed by atoms with Gasteiger partial charge in [-0.05, 0) is 44.0 Å². The normalized spacial score (nSPS) is 13.2. The van der Waals surface area contributed by atoms with Crippen LogP contribution in [-0.2, 0) is 6.54 Å². The minimum atomic E-state index is -0.560. The van der Waals surface area contributed by atoms with Crippen LogP contribution in [0.3, 0.4) is 0 Å². The number of nitro groups is 1. The summed E-state index contributed by atoms with van der Waals surface area (Å²) in [5.41, 5.74) is 1.46. The van der Waals surface area contributed by atoms with Gasteiger partial charge >= 0.3 is 0 Å². The first-order valence-corrected chi connectivity index (χ1v) is 9.92. The van der Waals surface area contributed by atoms with Crippen LogP contribution in [0.2, 0.25) is 0 Å². The van der Waals surface area contributed by atoms with E-state index in [4.69, 9.17) is 0 Å². The van der Waals surface area contributed by atoms with Gasteiger partial charge in [0.2, 0.25) is 0 Å². The third kappa shape index (κ3) is 4.86. The molecule has 0 atom stereocenters. The lowest BCUT2D eigenvalue weighted by Gasteiger charge is -2.22. The molecule has 0 saturated heterocycles. The molecule has 0 N–H and O–H groups in total. The zero-order valence-electron chi connectivity index (χ0n) is 16.5. The van der Waals surface area contributed by atoms with Crippen LogP contribution in [0.5, 0.6) is 0 Å². The summed E-state index contributed by atoms with van der Waals surface area (Å²) in [6.45, 7) is 5.23. The quantitative estimate of drug-likeness (QED) is 0.264. The number of nitrogens with zero attached hydrogens (tertiary/aromatic N) is 3. The van der Waals surface area contributed by atoms with E-state index in [9.17, 15) is 19.7 Å². The molecule has 7 nitrogen and oxygen atoms in total. The van der Waals surface area contributed by atoms with Crippen molar-refractivity contribution >= 4 is 17.5 Å². The molecule has 0 fully saturated rings. The first kappa shape index (κ1) is 20.7. The predicted octanol–water partition coefficient (Wildman–Crippen LogP) is 3.88. The number of imide groups is 1. The molecule has 1 aliphatic rings. The highest BCUT2D eigenvalue weighted by Gasteiger charge is 2.36. The minimum absolute atomic E-state index is 0.126. The standard InChI is InChI=1S/C22H25N3O4/c1-2-12-23(16-17-8-4-3-5-9-17)13-6-7-14-24-21(26)19-11-10-18(25(28)29)15-20(19)22(24)27/h3-5,8-11,15H,2,6-7,12-14,16H2,1H3. The molecule has 1 aliphatic heterocycles. The molecule has 0 radical (unpaired) electrons. The van der Waals surface area contributed by atoms with Gasteiger partial charge in [0.05, 0.1) is 16.1 Å². The van der Waals surface area contributed by atoms with Crippen LogP contribution in [0.1, 0.15) is 52.5 Å². The van der Waals surface area contributed by atoms with Gasteiger partial charge in [-0.3, -0.25) is 29.5 Å². The Hall–Kier alpha value is -3.06. The summed E-state index contributed by atoms with van der Waals surface area (Å²) in [6.07, 6.45) is 2.62. The average molecular weight is 395 g/mol. The molecule has 0 spiro atoms. The molecule has 0 unspecified atom stereocenters. The summed E-state index contributed by atoms with van der Waals surface area (Å²) < 4.78 is 0. The van der Waals surface area contributed by atoms with E-state index < -0.39 is 10.8 Å². The third-order valence-electron chi connectivity index (χ3n) is 5.06. The Morgan fingerprint density at radius 3 is 2.38 bits per heavy atom. The van der Waals surface area contributed by atoms with Crippen molar-refractivity contribution in [1.82, 2.24) is 9.80 Å². The van der Waals surface area contributed by atoms with Crippen molar-refractivity contribution in [2.45, 2.75) is 32.7 Å². The van der Waals surface area contributed by atoms with Gasteiger partial charge in [0.1, 0.15) is 0 Å². The number of fused-ring (bicyclic) bond motifs is 1. The van der Waals surface area contributed by atoms with Crippen LogP contribution in [0.25, 0.3) is 0 Å². The lowest BCUT2D eigenvalue weighted by molar-refractivity contribution is -0.384. The van der Waals surface area contributed by atoms with E-state index in [1.54, 1.807) is 0 Å². The Balaban J connectivity index is 1.53. The molecule has 3 rings (SSSR count). The topological polar surface area (TPSA) is 83.8 Å². The van der Waals surface area contributed by atoms with Crippen LogP contribution in [0.15, 0.2) is 48.5 Å². The summed E-state index contributed by atoms with van der Waals surface area (Å²) in [5, 5.41) is 10.9. The zero-order chi connectivity index (χ0) is 20.8. The second kappa shape index (κ2) is 9.43. The van der Waals surface area contributed by atoms with Crippen molar-refractivity contribution in [3.05, 3.63) is 75.3 Å². The summed E-state index contributed by atoms with van der Waals surface area (Å²) in [4.78, 5) is 39.0. The molecule has 2 amide bonds. The first-order valence-electron chi connectivity index (χ1n) is 9.92. The predicted molar refractivity (Wildman–Crippen MR) is 110 cm³/mol. The molecule has 0 saturated carbocycles. The Morgan fingerprint density at radius 1 is 0.966 bits per heavy atom. The second-order valence-corrected chi connectivity index (χ2v) is 7.22. The van der Waals surface area contributed by atoms with Gasteiger partial charge in [-0.2, -0.15) is 0 Å². The van der Waals surface area contributed by atoms with Crippen LogP contribution in [-0.4, -0.2) is 46.2 Å². The highest BCUT2D eigenvalue weighted by Crippen LogP contribution is 2.27. The molecule has 152 valence electrons. The SMILES string of the molecule is CCCN(CCCCN1C(=O)c2ccc([N+](=O)[O-])cc2C1=O)Cc1ccccc1.